The van der Waals surface area contributed by atoms with E-state index in [4.69, 9.17) is 16.3 Å². The second-order valence-electron chi connectivity index (χ2n) is 5.61. The number of aryl methyl sites for hydroxylation is 2. The highest BCUT2D eigenvalue weighted by molar-refractivity contribution is 7.90. The first-order valence-corrected chi connectivity index (χ1v) is 9.85. The van der Waals surface area contributed by atoms with E-state index in [1.165, 1.54) is 12.1 Å². The Morgan fingerprint density at radius 3 is 2.75 bits per heavy atom. The summed E-state index contributed by atoms with van der Waals surface area (Å²) in [5, 5.41) is 0.913. The summed E-state index contributed by atoms with van der Waals surface area (Å²) in [6, 6.07) is 2.78. The molecule has 1 aliphatic rings. The van der Waals surface area contributed by atoms with E-state index in [1.54, 1.807) is 13.8 Å². The highest BCUT2D eigenvalue weighted by atomic mass is 35.5. The van der Waals surface area contributed by atoms with Gasteiger partial charge in [-0.3, -0.25) is 4.79 Å². The van der Waals surface area contributed by atoms with Gasteiger partial charge in [0.15, 0.2) is 0 Å². The monoisotopic (exact) mass is 386 g/mol. The predicted octanol–water partition coefficient (Wildman–Crippen LogP) is 2.86. The SMILES string of the molecule is Cc1nc(C)c(C(=O)NS(=O)(=O)c2cc(Cl)c3c(c2)C[C@@H](C)O3)s1. The summed E-state index contributed by atoms with van der Waals surface area (Å²) in [5.41, 5.74) is 1.21. The molecule has 0 fully saturated rings. The van der Waals surface area contributed by atoms with E-state index in [-0.39, 0.29) is 20.9 Å². The van der Waals surface area contributed by atoms with Gasteiger partial charge in [-0.05, 0) is 32.9 Å². The number of ether oxygens (including phenoxy) is 1. The van der Waals surface area contributed by atoms with Crippen molar-refractivity contribution in [2.45, 2.75) is 38.2 Å². The molecule has 1 aliphatic heterocycles. The Kier molecular flexibility index (Phi) is 4.31. The lowest BCUT2D eigenvalue weighted by molar-refractivity contribution is 0.0984. The number of rotatable bonds is 3. The van der Waals surface area contributed by atoms with E-state index < -0.39 is 15.9 Å². The van der Waals surface area contributed by atoms with E-state index >= 15 is 0 Å². The molecule has 0 bridgehead atoms. The second-order valence-corrected chi connectivity index (χ2v) is 8.90. The highest BCUT2D eigenvalue weighted by Crippen LogP contribution is 2.38. The zero-order chi connectivity index (χ0) is 17.6. The summed E-state index contributed by atoms with van der Waals surface area (Å²) in [6.07, 6.45) is 0.507. The maximum Gasteiger partial charge on any atom is 0.276 e. The van der Waals surface area contributed by atoms with Crippen molar-refractivity contribution in [3.63, 3.8) is 0 Å². The van der Waals surface area contributed by atoms with Crippen LogP contribution in [0.2, 0.25) is 5.02 Å². The van der Waals surface area contributed by atoms with Gasteiger partial charge in [0.2, 0.25) is 0 Å². The molecule has 2 heterocycles. The third-order valence-corrected chi connectivity index (χ3v) is 6.23. The molecule has 1 aromatic carbocycles. The Morgan fingerprint density at radius 1 is 1.42 bits per heavy atom. The summed E-state index contributed by atoms with van der Waals surface area (Å²) in [5.74, 6) is -0.192. The molecule has 128 valence electrons. The van der Waals surface area contributed by atoms with Gasteiger partial charge < -0.3 is 4.74 Å². The van der Waals surface area contributed by atoms with Gasteiger partial charge in [-0.2, -0.15) is 0 Å². The summed E-state index contributed by atoms with van der Waals surface area (Å²) in [7, 11) is -4.04. The van der Waals surface area contributed by atoms with Crippen LogP contribution in [-0.4, -0.2) is 25.4 Å². The molecule has 6 nitrogen and oxygen atoms in total. The van der Waals surface area contributed by atoms with Gasteiger partial charge in [0.25, 0.3) is 15.9 Å². The van der Waals surface area contributed by atoms with Crippen molar-refractivity contribution < 1.29 is 17.9 Å². The molecule has 1 atom stereocenters. The lowest BCUT2D eigenvalue weighted by Gasteiger charge is -2.09. The summed E-state index contributed by atoms with van der Waals surface area (Å²) in [4.78, 5) is 16.6. The summed E-state index contributed by atoms with van der Waals surface area (Å²) >= 11 is 7.27. The first kappa shape index (κ1) is 17.2. The maximum atomic E-state index is 12.5. The fourth-order valence-corrected chi connectivity index (χ4v) is 4.85. The third-order valence-electron chi connectivity index (χ3n) is 3.57. The molecule has 3 rings (SSSR count). The van der Waals surface area contributed by atoms with Crippen molar-refractivity contribution in [3.05, 3.63) is 38.3 Å². The lowest BCUT2D eigenvalue weighted by atomic mass is 10.1. The van der Waals surface area contributed by atoms with Crippen molar-refractivity contribution in [3.8, 4) is 5.75 Å². The van der Waals surface area contributed by atoms with Crippen LogP contribution >= 0.6 is 22.9 Å². The van der Waals surface area contributed by atoms with Crippen molar-refractivity contribution in [2.24, 2.45) is 0 Å². The first-order chi connectivity index (χ1) is 11.2. The number of hydrogen-bond acceptors (Lipinski definition) is 6. The van der Waals surface area contributed by atoms with Crippen LogP contribution in [0.1, 0.15) is 32.9 Å². The zero-order valence-electron chi connectivity index (χ0n) is 13.2. The number of halogens is 1. The fourth-order valence-electron chi connectivity index (χ4n) is 2.58. The summed E-state index contributed by atoms with van der Waals surface area (Å²) in [6.45, 7) is 5.29. The second kappa shape index (κ2) is 6.02. The van der Waals surface area contributed by atoms with Gasteiger partial charge in [0.1, 0.15) is 16.7 Å². The average Bonchev–Trinajstić information content (AvgIpc) is 3.00. The minimum Gasteiger partial charge on any atom is -0.489 e. The van der Waals surface area contributed by atoms with Gasteiger partial charge in [0.05, 0.1) is 20.6 Å². The molecular formula is C15H15ClN2O4S2. The number of carbonyl (C=O) groups excluding carboxylic acids is 1. The number of thiazole rings is 1. The van der Waals surface area contributed by atoms with E-state index in [2.05, 4.69) is 9.71 Å². The molecule has 24 heavy (non-hydrogen) atoms. The van der Waals surface area contributed by atoms with Crippen molar-refractivity contribution in [2.75, 3.05) is 0 Å². The van der Waals surface area contributed by atoms with Gasteiger partial charge in [-0.15, -0.1) is 11.3 Å². The first-order valence-electron chi connectivity index (χ1n) is 7.17. The van der Waals surface area contributed by atoms with Crippen LogP contribution in [0.25, 0.3) is 0 Å². The smallest absolute Gasteiger partial charge is 0.276 e. The number of carbonyl (C=O) groups is 1. The van der Waals surface area contributed by atoms with E-state index in [9.17, 15) is 13.2 Å². The molecule has 9 heteroatoms. The zero-order valence-corrected chi connectivity index (χ0v) is 15.6. The van der Waals surface area contributed by atoms with Crippen LogP contribution in [-0.2, 0) is 16.4 Å². The fraction of sp³-hybridized carbons (Fsp3) is 0.333. The molecule has 0 aliphatic carbocycles. The van der Waals surface area contributed by atoms with Crippen LogP contribution in [0.15, 0.2) is 17.0 Å². The van der Waals surface area contributed by atoms with Crippen LogP contribution in [0, 0.1) is 13.8 Å². The van der Waals surface area contributed by atoms with Crippen LogP contribution in [0.4, 0.5) is 0 Å². The highest BCUT2D eigenvalue weighted by Gasteiger charge is 2.27. The van der Waals surface area contributed by atoms with Crippen molar-refractivity contribution in [1.82, 2.24) is 9.71 Å². The third kappa shape index (κ3) is 3.13. The number of aromatic nitrogens is 1. The largest absolute Gasteiger partial charge is 0.489 e. The number of hydrogen-bond donors (Lipinski definition) is 1. The normalized spacial score (nSPS) is 16.6. The number of fused-ring (bicyclic) bond motifs is 1. The molecule has 1 N–H and O–H groups in total. The molecule has 0 spiro atoms. The molecule has 0 unspecified atom stereocenters. The molecule has 1 amide bonds. The quantitative estimate of drug-likeness (QED) is 0.876. The minimum absolute atomic E-state index is 0.0591. The molecule has 2 aromatic rings. The summed E-state index contributed by atoms with van der Waals surface area (Å²) < 4.78 is 32.7. The lowest BCUT2D eigenvalue weighted by Crippen LogP contribution is -2.30. The number of sulfonamides is 1. The van der Waals surface area contributed by atoms with E-state index in [0.29, 0.717) is 28.4 Å². The molecule has 1 aromatic heterocycles. The molecule has 0 radical (unpaired) electrons. The van der Waals surface area contributed by atoms with E-state index in [0.717, 1.165) is 11.3 Å². The Labute approximate surface area is 148 Å². The number of benzene rings is 1. The van der Waals surface area contributed by atoms with Crippen molar-refractivity contribution in [1.29, 1.82) is 0 Å². The Hall–Kier alpha value is -1.64. The maximum absolute atomic E-state index is 12.5. The van der Waals surface area contributed by atoms with Crippen LogP contribution in [0.3, 0.4) is 0 Å². The molecule has 0 saturated carbocycles. The van der Waals surface area contributed by atoms with Gasteiger partial charge >= 0.3 is 0 Å². The molecule has 0 saturated heterocycles. The van der Waals surface area contributed by atoms with Crippen LogP contribution < -0.4 is 9.46 Å². The number of amides is 1. The van der Waals surface area contributed by atoms with Crippen LogP contribution in [0.5, 0.6) is 5.75 Å². The Morgan fingerprint density at radius 2 is 2.12 bits per heavy atom. The van der Waals surface area contributed by atoms with Gasteiger partial charge in [-0.1, -0.05) is 11.6 Å². The standard InChI is InChI=1S/C15H15ClN2O4S2/c1-7-4-10-5-11(6-12(16)13(10)22-7)24(20,21)18-15(19)14-8(2)17-9(3)23-14/h5-7H,4H2,1-3H3,(H,18,19)/t7-/m1/s1. The average molecular weight is 387 g/mol. The van der Waals surface area contributed by atoms with E-state index in [1.807, 2.05) is 6.92 Å². The number of nitrogens with zero attached hydrogens (tertiary/aromatic N) is 1. The van der Waals surface area contributed by atoms with Crippen molar-refractivity contribution >= 4 is 38.9 Å². The van der Waals surface area contributed by atoms with Gasteiger partial charge in [-0.25, -0.2) is 18.1 Å². The Bertz CT molecular complexity index is 937. The van der Waals surface area contributed by atoms with Gasteiger partial charge in [0, 0.05) is 12.0 Å². The topological polar surface area (TPSA) is 85.4 Å². The Balaban J connectivity index is 1.92. The predicted molar refractivity (Wildman–Crippen MR) is 91.5 cm³/mol. The molecular weight excluding hydrogens is 372 g/mol. The minimum atomic E-state index is -4.04. The number of nitrogens with one attached hydrogen (secondary N) is 1.